The fourth-order valence-corrected chi connectivity index (χ4v) is 3.21. The molecule has 2 heterocycles. The maximum absolute atomic E-state index is 12.5. The summed E-state index contributed by atoms with van der Waals surface area (Å²) in [4.78, 5) is 12.5. The van der Waals surface area contributed by atoms with Gasteiger partial charge in [-0.05, 0) is 43.2 Å². The third-order valence-electron chi connectivity index (χ3n) is 4.65. The largest absolute Gasteiger partial charge is 0.493 e. The predicted molar refractivity (Wildman–Crippen MR) is 93.4 cm³/mol. The van der Waals surface area contributed by atoms with Crippen molar-refractivity contribution in [2.24, 2.45) is 0 Å². The van der Waals surface area contributed by atoms with Crippen molar-refractivity contribution in [3.05, 3.63) is 46.5 Å². The number of anilines is 2. The third-order valence-corrected chi connectivity index (χ3v) is 4.65. The molecule has 2 aromatic carbocycles. The average molecular weight is 324 g/mol. The van der Waals surface area contributed by atoms with Crippen LogP contribution in [0.15, 0.2) is 24.3 Å². The number of carbonyl (C=O) groups excluding carboxylic acids is 1. The van der Waals surface area contributed by atoms with Gasteiger partial charge in [-0.1, -0.05) is 6.07 Å². The molecular formula is C19H20N2O3. The minimum Gasteiger partial charge on any atom is -0.493 e. The second-order valence-corrected chi connectivity index (χ2v) is 6.29. The molecule has 0 bridgehead atoms. The van der Waals surface area contributed by atoms with Crippen LogP contribution in [0.5, 0.6) is 11.5 Å². The maximum atomic E-state index is 12.5. The number of rotatable bonds is 2. The summed E-state index contributed by atoms with van der Waals surface area (Å²) < 4.78 is 11.4. The highest BCUT2D eigenvalue weighted by molar-refractivity contribution is 6.02. The van der Waals surface area contributed by atoms with Crippen LogP contribution in [0.25, 0.3) is 0 Å². The maximum Gasteiger partial charge on any atom is 0.323 e. The van der Waals surface area contributed by atoms with Gasteiger partial charge in [-0.15, -0.1) is 0 Å². The number of carbonyl (C=O) groups is 1. The zero-order chi connectivity index (χ0) is 16.7. The highest BCUT2D eigenvalue weighted by Gasteiger charge is 2.27. The SMILES string of the molecule is Cc1ccc(NC(=O)Nc2c3c(cc4c2OCC4)OCC3)cc1C. The van der Waals surface area contributed by atoms with Crippen molar-refractivity contribution >= 4 is 17.4 Å². The molecule has 4 rings (SSSR count). The lowest BCUT2D eigenvalue weighted by Crippen LogP contribution is -2.20. The van der Waals surface area contributed by atoms with Crippen molar-refractivity contribution in [3.63, 3.8) is 0 Å². The highest BCUT2D eigenvalue weighted by Crippen LogP contribution is 2.44. The van der Waals surface area contributed by atoms with Crippen LogP contribution in [0.2, 0.25) is 0 Å². The van der Waals surface area contributed by atoms with Gasteiger partial charge in [-0.25, -0.2) is 4.79 Å². The number of nitrogens with one attached hydrogen (secondary N) is 2. The molecule has 0 fully saturated rings. The Hall–Kier alpha value is -2.69. The summed E-state index contributed by atoms with van der Waals surface area (Å²) in [6.45, 7) is 5.37. The van der Waals surface area contributed by atoms with Crippen LogP contribution in [0.4, 0.5) is 16.2 Å². The second-order valence-electron chi connectivity index (χ2n) is 6.29. The average Bonchev–Trinajstić information content (AvgIpc) is 3.19. The van der Waals surface area contributed by atoms with Gasteiger partial charge < -0.3 is 20.1 Å². The summed E-state index contributed by atoms with van der Waals surface area (Å²) in [5, 5.41) is 5.86. The van der Waals surface area contributed by atoms with Crippen LogP contribution in [0.1, 0.15) is 22.3 Å². The van der Waals surface area contributed by atoms with Gasteiger partial charge in [0, 0.05) is 29.7 Å². The smallest absolute Gasteiger partial charge is 0.323 e. The molecule has 2 aromatic rings. The van der Waals surface area contributed by atoms with Crippen LogP contribution in [-0.2, 0) is 12.8 Å². The van der Waals surface area contributed by atoms with Crippen LogP contribution >= 0.6 is 0 Å². The second kappa shape index (κ2) is 5.74. The molecule has 2 aliphatic rings. The molecular weight excluding hydrogens is 304 g/mol. The van der Waals surface area contributed by atoms with E-state index < -0.39 is 0 Å². The Balaban J connectivity index is 1.59. The summed E-state index contributed by atoms with van der Waals surface area (Å²) >= 11 is 0. The Morgan fingerprint density at radius 1 is 1.00 bits per heavy atom. The van der Waals surface area contributed by atoms with Gasteiger partial charge in [0.25, 0.3) is 0 Å². The molecule has 124 valence electrons. The first-order chi connectivity index (χ1) is 11.6. The molecule has 0 saturated heterocycles. The zero-order valence-corrected chi connectivity index (χ0v) is 13.9. The number of amides is 2. The Labute approximate surface area is 141 Å². The van der Waals surface area contributed by atoms with Crippen molar-refractivity contribution in [3.8, 4) is 11.5 Å². The fourth-order valence-electron chi connectivity index (χ4n) is 3.21. The number of benzene rings is 2. The van der Waals surface area contributed by atoms with Crippen LogP contribution in [-0.4, -0.2) is 19.2 Å². The number of hydrogen-bond acceptors (Lipinski definition) is 3. The Morgan fingerprint density at radius 2 is 1.83 bits per heavy atom. The van der Waals surface area contributed by atoms with Gasteiger partial charge in [-0.2, -0.15) is 0 Å². The lowest BCUT2D eigenvalue weighted by atomic mass is 10.0. The van der Waals surface area contributed by atoms with E-state index in [0.717, 1.165) is 52.4 Å². The van der Waals surface area contributed by atoms with Crippen molar-refractivity contribution in [2.75, 3.05) is 23.8 Å². The van der Waals surface area contributed by atoms with E-state index in [2.05, 4.69) is 10.6 Å². The molecule has 24 heavy (non-hydrogen) atoms. The lowest BCUT2D eigenvalue weighted by Gasteiger charge is -2.15. The van der Waals surface area contributed by atoms with E-state index in [-0.39, 0.29) is 6.03 Å². The van der Waals surface area contributed by atoms with Crippen LogP contribution < -0.4 is 20.1 Å². The number of ether oxygens (including phenoxy) is 2. The molecule has 2 aliphatic heterocycles. The predicted octanol–water partition coefficient (Wildman–Crippen LogP) is 3.82. The van der Waals surface area contributed by atoms with Crippen molar-refractivity contribution in [1.29, 1.82) is 0 Å². The summed E-state index contributed by atoms with van der Waals surface area (Å²) in [7, 11) is 0. The zero-order valence-electron chi connectivity index (χ0n) is 13.9. The highest BCUT2D eigenvalue weighted by atomic mass is 16.5. The molecule has 2 amide bonds. The summed E-state index contributed by atoms with van der Waals surface area (Å²) in [6.07, 6.45) is 1.63. The molecule has 0 saturated carbocycles. The third kappa shape index (κ3) is 2.56. The molecule has 0 unspecified atom stereocenters. The fraction of sp³-hybridized carbons (Fsp3) is 0.316. The van der Waals surface area contributed by atoms with E-state index in [1.54, 1.807) is 0 Å². The molecule has 0 aliphatic carbocycles. The summed E-state index contributed by atoms with van der Waals surface area (Å²) in [6, 6.07) is 7.64. The first-order valence-corrected chi connectivity index (χ1v) is 8.21. The Bertz CT molecular complexity index is 798. The number of urea groups is 1. The van der Waals surface area contributed by atoms with Crippen molar-refractivity contribution < 1.29 is 14.3 Å². The first kappa shape index (κ1) is 14.9. The summed E-state index contributed by atoms with van der Waals surface area (Å²) in [5.41, 5.74) is 5.98. The van der Waals surface area contributed by atoms with Crippen molar-refractivity contribution in [1.82, 2.24) is 0 Å². The van der Waals surface area contributed by atoms with Gasteiger partial charge in [0.1, 0.15) is 11.5 Å². The molecule has 2 N–H and O–H groups in total. The molecule has 0 aromatic heterocycles. The van der Waals surface area contributed by atoms with E-state index in [9.17, 15) is 4.79 Å². The molecule has 0 radical (unpaired) electrons. The van der Waals surface area contributed by atoms with Gasteiger partial charge in [0.2, 0.25) is 0 Å². The quantitative estimate of drug-likeness (QED) is 0.883. The molecule has 5 heteroatoms. The number of fused-ring (bicyclic) bond motifs is 2. The number of aryl methyl sites for hydroxylation is 2. The van der Waals surface area contributed by atoms with Crippen LogP contribution in [0.3, 0.4) is 0 Å². The first-order valence-electron chi connectivity index (χ1n) is 8.21. The standard InChI is InChI=1S/C19H20N2O3/c1-11-3-4-14(9-12(11)2)20-19(22)21-17-15-6-8-23-16(15)10-13-5-7-24-18(13)17/h3-4,9-10H,5-8H2,1-2H3,(H2,20,21,22). The van der Waals surface area contributed by atoms with E-state index in [4.69, 9.17) is 9.47 Å². The molecule has 5 nitrogen and oxygen atoms in total. The van der Waals surface area contributed by atoms with Gasteiger partial charge >= 0.3 is 6.03 Å². The minimum atomic E-state index is -0.267. The van der Waals surface area contributed by atoms with E-state index in [1.165, 1.54) is 5.56 Å². The summed E-state index contributed by atoms with van der Waals surface area (Å²) in [5.74, 6) is 1.65. The van der Waals surface area contributed by atoms with E-state index in [0.29, 0.717) is 13.2 Å². The van der Waals surface area contributed by atoms with Gasteiger partial charge in [0.05, 0.1) is 18.9 Å². The number of hydrogen-bond donors (Lipinski definition) is 2. The van der Waals surface area contributed by atoms with E-state index >= 15 is 0 Å². The van der Waals surface area contributed by atoms with Crippen molar-refractivity contribution in [2.45, 2.75) is 26.7 Å². The Morgan fingerprint density at radius 3 is 2.67 bits per heavy atom. The van der Waals surface area contributed by atoms with Crippen LogP contribution in [0, 0.1) is 13.8 Å². The lowest BCUT2D eigenvalue weighted by molar-refractivity contribution is 0.262. The molecule has 0 spiro atoms. The topological polar surface area (TPSA) is 59.6 Å². The molecule has 0 atom stereocenters. The van der Waals surface area contributed by atoms with E-state index in [1.807, 2.05) is 38.1 Å². The van der Waals surface area contributed by atoms with Gasteiger partial charge in [0.15, 0.2) is 0 Å². The normalized spacial score (nSPS) is 14.4. The minimum absolute atomic E-state index is 0.267. The van der Waals surface area contributed by atoms with Gasteiger partial charge in [-0.3, -0.25) is 0 Å². The Kier molecular flexibility index (Phi) is 3.56. The monoisotopic (exact) mass is 324 g/mol.